The van der Waals surface area contributed by atoms with Gasteiger partial charge in [-0.1, -0.05) is 12.1 Å². The lowest BCUT2D eigenvalue weighted by Crippen LogP contribution is -2.23. The molecule has 0 fully saturated rings. The fraction of sp³-hybridized carbons (Fsp3) is 0.111. The maximum Gasteiger partial charge on any atom is 0.416 e. The van der Waals surface area contributed by atoms with Crippen LogP contribution in [0.1, 0.15) is 21.5 Å². The Labute approximate surface area is 168 Å². The smallest absolute Gasteiger partial charge is 0.348 e. The number of anilines is 1. The number of sulfonamides is 1. The molecule has 29 heavy (non-hydrogen) atoms. The molecule has 2 N–H and O–H groups in total. The Morgan fingerprint density at radius 1 is 1.10 bits per heavy atom. The van der Waals surface area contributed by atoms with E-state index in [2.05, 4.69) is 15.0 Å². The first-order valence-corrected chi connectivity index (χ1v) is 10.5. The number of hydrogen-bond donors (Lipinski definition) is 2. The van der Waals surface area contributed by atoms with E-state index in [9.17, 15) is 26.4 Å². The summed E-state index contributed by atoms with van der Waals surface area (Å²) in [4.78, 5) is 16.0. The van der Waals surface area contributed by atoms with Gasteiger partial charge in [0.15, 0.2) is 5.13 Å². The molecule has 2 aromatic carbocycles. The first kappa shape index (κ1) is 20.8. The summed E-state index contributed by atoms with van der Waals surface area (Å²) in [6.45, 7) is -0.103. The third-order valence-corrected chi connectivity index (χ3v) is 5.96. The molecule has 0 radical (unpaired) electrons. The topological polar surface area (TPSA) is 88.2 Å². The minimum atomic E-state index is -4.46. The van der Waals surface area contributed by atoms with E-state index in [-0.39, 0.29) is 22.1 Å². The molecule has 1 aromatic heterocycles. The van der Waals surface area contributed by atoms with Crippen LogP contribution in [-0.4, -0.2) is 19.3 Å². The second-order valence-electron chi connectivity index (χ2n) is 5.85. The van der Waals surface area contributed by atoms with E-state index < -0.39 is 27.7 Å². The molecule has 1 heterocycles. The SMILES string of the molecule is O=C(NCc1cccc(C(F)(F)F)c1)c1ccc(S(=O)(=O)Nc2nccs2)cc1. The van der Waals surface area contributed by atoms with Gasteiger partial charge in [-0.15, -0.1) is 11.3 Å². The van der Waals surface area contributed by atoms with E-state index in [1.165, 1.54) is 42.6 Å². The molecule has 152 valence electrons. The Hall–Kier alpha value is -2.92. The molecule has 0 aliphatic carbocycles. The highest BCUT2D eigenvalue weighted by Gasteiger charge is 2.30. The largest absolute Gasteiger partial charge is 0.416 e. The highest BCUT2D eigenvalue weighted by molar-refractivity contribution is 7.93. The summed E-state index contributed by atoms with van der Waals surface area (Å²) in [6, 6.07) is 9.79. The molecule has 6 nitrogen and oxygen atoms in total. The van der Waals surface area contributed by atoms with E-state index in [1.807, 2.05) is 0 Å². The summed E-state index contributed by atoms with van der Waals surface area (Å²) in [5.74, 6) is -0.542. The van der Waals surface area contributed by atoms with Crippen LogP contribution in [-0.2, 0) is 22.7 Å². The second-order valence-corrected chi connectivity index (χ2v) is 8.42. The van der Waals surface area contributed by atoms with E-state index in [0.29, 0.717) is 5.56 Å². The van der Waals surface area contributed by atoms with E-state index in [0.717, 1.165) is 23.5 Å². The maximum absolute atomic E-state index is 12.7. The summed E-state index contributed by atoms with van der Waals surface area (Å²) in [5.41, 5.74) is -0.336. The van der Waals surface area contributed by atoms with Crippen molar-refractivity contribution < 1.29 is 26.4 Å². The lowest BCUT2D eigenvalue weighted by molar-refractivity contribution is -0.137. The van der Waals surface area contributed by atoms with Gasteiger partial charge in [0.05, 0.1) is 10.5 Å². The molecular formula is C18H14F3N3O3S2. The van der Waals surface area contributed by atoms with Gasteiger partial charge < -0.3 is 5.32 Å². The van der Waals surface area contributed by atoms with Crippen LogP contribution in [0.2, 0.25) is 0 Å². The number of alkyl halides is 3. The van der Waals surface area contributed by atoms with Gasteiger partial charge in [-0.2, -0.15) is 13.2 Å². The first-order chi connectivity index (χ1) is 13.6. The van der Waals surface area contributed by atoms with Gasteiger partial charge in [-0.25, -0.2) is 13.4 Å². The highest BCUT2D eigenvalue weighted by atomic mass is 32.2. The number of amides is 1. The fourth-order valence-corrected chi connectivity index (χ4v) is 4.16. The summed E-state index contributed by atoms with van der Waals surface area (Å²) < 4.78 is 65.1. The van der Waals surface area contributed by atoms with Crippen molar-refractivity contribution in [1.29, 1.82) is 0 Å². The van der Waals surface area contributed by atoms with Crippen molar-refractivity contribution in [2.75, 3.05) is 4.72 Å². The number of hydrogen-bond acceptors (Lipinski definition) is 5. The van der Waals surface area contributed by atoms with Gasteiger partial charge in [0.25, 0.3) is 15.9 Å². The summed E-state index contributed by atoms with van der Waals surface area (Å²) >= 11 is 1.12. The predicted molar refractivity (Wildman–Crippen MR) is 102 cm³/mol. The van der Waals surface area contributed by atoms with E-state index >= 15 is 0 Å². The van der Waals surface area contributed by atoms with Crippen molar-refractivity contribution in [1.82, 2.24) is 10.3 Å². The molecule has 11 heteroatoms. The average molecular weight is 441 g/mol. The molecular weight excluding hydrogens is 427 g/mol. The monoisotopic (exact) mass is 441 g/mol. The number of rotatable bonds is 6. The van der Waals surface area contributed by atoms with Gasteiger partial charge in [-0.3, -0.25) is 9.52 Å². The number of benzene rings is 2. The molecule has 1 amide bonds. The second kappa shape index (κ2) is 8.21. The molecule has 0 saturated heterocycles. The maximum atomic E-state index is 12.7. The van der Waals surface area contributed by atoms with Crippen LogP contribution in [0.25, 0.3) is 0 Å². The number of thiazole rings is 1. The Kier molecular flexibility index (Phi) is 5.89. The van der Waals surface area contributed by atoms with E-state index in [1.54, 1.807) is 5.38 Å². The number of nitrogens with one attached hydrogen (secondary N) is 2. The molecule has 0 saturated carbocycles. The van der Waals surface area contributed by atoms with Gasteiger partial charge in [0.1, 0.15) is 0 Å². The first-order valence-electron chi connectivity index (χ1n) is 8.12. The lowest BCUT2D eigenvalue weighted by Gasteiger charge is -2.10. The Bertz CT molecular complexity index is 1100. The Morgan fingerprint density at radius 3 is 2.45 bits per heavy atom. The number of aromatic nitrogens is 1. The van der Waals surface area contributed by atoms with Crippen LogP contribution in [0.5, 0.6) is 0 Å². The fourth-order valence-electron chi connectivity index (χ4n) is 2.38. The normalized spacial score (nSPS) is 11.8. The standard InChI is InChI=1S/C18H14F3N3O3S2/c19-18(20,21)14-3-1-2-12(10-14)11-23-16(25)13-4-6-15(7-5-13)29(26,27)24-17-22-8-9-28-17/h1-10H,11H2,(H,22,24)(H,23,25). The molecule has 0 aliphatic rings. The quantitative estimate of drug-likeness (QED) is 0.608. The molecule has 0 spiro atoms. The number of halogens is 3. The van der Waals surface area contributed by atoms with Crippen LogP contribution in [0.15, 0.2) is 65.0 Å². The highest BCUT2D eigenvalue weighted by Crippen LogP contribution is 2.29. The molecule has 0 bridgehead atoms. The summed E-state index contributed by atoms with van der Waals surface area (Å²) in [7, 11) is -3.84. The summed E-state index contributed by atoms with van der Waals surface area (Å²) in [6.07, 6.45) is -3.01. The molecule has 0 aliphatic heterocycles. The molecule has 0 atom stereocenters. The molecule has 0 unspecified atom stereocenters. The lowest BCUT2D eigenvalue weighted by atomic mass is 10.1. The van der Waals surface area contributed by atoms with Crippen LogP contribution in [0.3, 0.4) is 0 Å². The zero-order valence-corrected chi connectivity index (χ0v) is 16.2. The third kappa shape index (κ3) is 5.33. The van der Waals surface area contributed by atoms with Gasteiger partial charge in [0, 0.05) is 23.7 Å². The van der Waals surface area contributed by atoms with Crippen molar-refractivity contribution in [3.05, 3.63) is 76.8 Å². The number of carbonyl (C=O) groups excluding carboxylic acids is 1. The van der Waals surface area contributed by atoms with Crippen LogP contribution in [0.4, 0.5) is 18.3 Å². The minimum absolute atomic E-state index is 0.0536. The Balaban J connectivity index is 1.65. The third-order valence-electron chi connectivity index (χ3n) is 3.79. The zero-order chi connectivity index (χ0) is 21.1. The molecule has 3 aromatic rings. The van der Waals surface area contributed by atoms with Gasteiger partial charge in [0.2, 0.25) is 0 Å². The molecule has 3 rings (SSSR count). The minimum Gasteiger partial charge on any atom is -0.348 e. The van der Waals surface area contributed by atoms with Crippen LogP contribution >= 0.6 is 11.3 Å². The van der Waals surface area contributed by atoms with Crippen molar-refractivity contribution in [3.8, 4) is 0 Å². The van der Waals surface area contributed by atoms with Crippen LogP contribution in [0, 0.1) is 0 Å². The zero-order valence-electron chi connectivity index (χ0n) is 14.6. The van der Waals surface area contributed by atoms with Crippen molar-refractivity contribution >= 4 is 32.4 Å². The average Bonchev–Trinajstić information content (AvgIpc) is 3.18. The number of carbonyl (C=O) groups is 1. The van der Waals surface area contributed by atoms with Crippen LogP contribution < -0.4 is 10.0 Å². The van der Waals surface area contributed by atoms with Gasteiger partial charge in [-0.05, 0) is 42.0 Å². The van der Waals surface area contributed by atoms with Gasteiger partial charge >= 0.3 is 6.18 Å². The van der Waals surface area contributed by atoms with E-state index in [4.69, 9.17) is 0 Å². The van der Waals surface area contributed by atoms with Crippen molar-refractivity contribution in [2.24, 2.45) is 0 Å². The van der Waals surface area contributed by atoms with Crippen molar-refractivity contribution in [3.63, 3.8) is 0 Å². The van der Waals surface area contributed by atoms with Crippen molar-refractivity contribution in [2.45, 2.75) is 17.6 Å². The predicted octanol–water partition coefficient (Wildman–Crippen LogP) is 3.89. The summed E-state index contributed by atoms with van der Waals surface area (Å²) in [5, 5.41) is 4.35. The number of nitrogens with zero attached hydrogens (tertiary/aromatic N) is 1. The Morgan fingerprint density at radius 2 is 1.83 bits per heavy atom.